The predicted octanol–water partition coefficient (Wildman–Crippen LogP) is 21.1. The fourth-order valence-electron chi connectivity index (χ4n) is 8.62. The lowest BCUT2D eigenvalue weighted by atomic mass is 10.0. The minimum atomic E-state index is -0.884. The van der Waals surface area contributed by atoms with E-state index in [0.29, 0.717) is 6.42 Å². The van der Waals surface area contributed by atoms with Gasteiger partial charge in [0.25, 0.3) is 0 Å². The average molecular weight is 1020 g/mol. The molecule has 0 aromatic rings. The molecular weight excluding hydrogens is 903 g/mol. The molecule has 3 N–H and O–H groups in total. The summed E-state index contributed by atoms with van der Waals surface area (Å²) < 4.78 is 0. The Balaban J connectivity index is 3.65. The van der Waals surface area contributed by atoms with Crippen molar-refractivity contribution < 1.29 is 15.0 Å². The van der Waals surface area contributed by atoms with Crippen molar-refractivity contribution in [1.29, 1.82) is 0 Å². The minimum absolute atomic E-state index is 0.0890. The summed E-state index contributed by atoms with van der Waals surface area (Å²) in [6.45, 7) is 4.18. The molecule has 1 amide bonds. The summed E-state index contributed by atoms with van der Waals surface area (Å²) in [4.78, 5) is 12.5. The van der Waals surface area contributed by atoms with Gasteiger partial charge in [0.1, 0.15) is 0 Å². The third kappa shape index (κ3) is 59.2. The second kappa shape index (κ2) is 63.6. The number of allylic oxidation sites excluding steroid dienone is 23. The first-order valence-electron chi connectivity index (χ1n) is 31.0. The van der Waals surface area contributed by atoms with Gasteiger partial charge in [-0.1, -0.05) is 295 Å². The maximum absolute atomic E-state index is 12.5. The Labute approximate surface area is 459 Å². The maximum atomic E-state index is 12.5. The first kappa shape index (κ1) is 70.3. The van der Waals surface area contributed by atoms with E-state index in [0.717, 1.165) is 103 Å². The summed E-state index contributed by atoms with van der Waals surface area (Å²) in [6.07, 6.45) is 100. The summed E-state index contributed by atoms with van der Waals surface area (Å²) >= 11 is 0. The van der Waals surface area contributed by atoms with Crippen molar-refractivity contribution in [3.63, 3.8) is 0 Å². The predicted molar refractivity (Wildman–Crippen MR) is 331 cm³/mol. The second-order valence-electron chi connectivity index (χ2n) is 20.4. The zero-order valence-electron chi connectivity index (χ0n) is 48.3. The van der Waals surface area contributed by atoms with E-state index in [2.05, 4.69) is 153 Å². The van der Waals surface area contributed by atoms with E-state index in [1.54, 1.807) is 6.08 Å². The van der Waals surface area contributed by atoms with E-state index in [-0.39, 0.29) is 12.5 Å². The van der Waals surface area contributed by atoms with Crippen LogP contribution in [0, 0.1) is 0 Å². The van der Waals surface area contributed by atoms with Crippen LogP contribution >= 0.6 is 0 Å². The molecule has 0 rings (SSSR count). The number of aliphatic hydroxyl groups is 2. The van der Waals surface area contributed by atoms with Crippen LogP contribution in [0.1, 0.15) is 271 Å². The Morgan fingerprint density at radius 3 is 0.946 bits per heavy atom. The van der Waals surface area contributed by atoms with Gasteiger partial charge >= 0.3 is 0 Å². The van der Waals surface area contributed by atoms with Crippen LogP contribution in [-0.2, 0) is 4.79 Å². The number of carbonyl (C=O) groups excluding carboxylic acids is 1. The number of rotatable bonds is 55. The highest BCUT2D eigenvalue weighted by Crippen LogP contribution is 2.15. The molecule has 74 heavy (non-hydrogen) atoms. The molecule has 0 saturated heterocycles. The Hall–Kier alpha value is -3.73. The fourth-order valence-corrected chi connectivity index (χ4v) is 8.62. The molecule has 0 aromatic carbocycles. The minimum Gasteiger partial charge on any atom is -0.394 e. The molecular formula is C70H117NO3. The van der Waals surface area contributed by atoms with Crippen molar-refractivity contribution in [3.05, 3.63) is 146 Å². The van der Waals surface area contributed by atoms with Crippen LogP contribution in [0.25, 0.3) is 0 Å². The smallest absolute Gasteiger partial charge is 0.220 e. The molecule has 0 aliphatic heterocycles. The van der Waals surface area contributed by atoms with Gasteiger partial charge in [-0.3, -0.25) is 4.79 Å². The number of nitrogens with one attached hydrogen (secondary N) is 1. The number of aliphatic hydroxyl groups excluding tert-OH is 2. The molecule has 0 aliphatic carbocycles. The molecule has 2 atom stereocenters. The molecule has 0 spiro atoms. The Bertz CT molecular complexity index is 1530. The third-order valence-electron chi connectivity index (χ3n) is 13.3. The van der Waals surface area contributed by atoms with Crippen molar-refractivity contribution in [2.45, 2.75) is 283 Å². The quantitative estimate of drug-likeness (QED) is 0.0420. The number of hydrogen-bond acceptors (Lipinski definition) is 3. The van der Waals surface area contributed by atoms with Crippen LogP contribution in [0.5, 0.6) is 0 Å². The van der Waals surface area contributed by atoms with Gasteiger partial charge in [-0.2, -0.15) is 0 Å². The SMILES string of the molecule is CC/C=C\C/C=C\C/C=C\C/C=C\C/C=C\C/C=C\C/C=C\C/C=C\C/C=C\CCCCCCCCCCCC(=O)NC(CO)C(O)/C=C/CC/C=C/CC/C=C/CCCCCCCCCCCCCCCCC. The topological polar surface area (TPSA) is 69.6 Å². The molecule has 4 nitrogen and oxygen atoms in total. The van der Waals surface area contributed by atoms with Crippen LogP contribution in [0.15, 0.2) is 146 Å². The summed E-state index contributed by atoms with van der Waals surface area (Å²) in [5.41, 5.74) is 0. The van der Waals surface area contributed by atoms with E-state index in [9.17, 15) is 15.0 Å². The van der Waals surface area contributed by atoms with Gasteiger partial charge in [0, 0.05) is 6.42 Å². The Kier molecular flexibility index (Phi) is 60.4. The molecule has 2 unspecified atom stereocenters. The molecule has 0 saturated carbocycles. The lowest BCUT2D eigenvalue weighted by molar-refractivity contribution is -0.123. The third-order valence-corrected chi connectivity index (χ3v) is 13.3. The van der Waals surface area contributed by atoms with Crippen molar-refractivity contribution in [3.8, 4) is 0 Å². The summed E-state index contributed by atoms with van der Waals surface area (Å²) in [5, 5.41) is 23.2. The zero-order valence-corrected chi connectivity index (χ0v) is 48.3. The van der Waals surface area contributed by atoms with Gasteiger partial charge in [-0.05, 0) is 116 Å². The van der Waals surface area contributed by atoms with Gasteiger partial charge in [0.15, 0.2) is 0 Å². The monoisotopic (exact) mass is 1020 g/mol. The molecule has 420 valence electrons. The maximum Gasteiger partial charge on any atom is 0.220 e. The van der Waals surface area contributed by atoms with E-state index in [1.807, 2.05) is 6.08 Å². The number of carbonyl (C=O) groups is 1. The van der Waals surface area contributed by atoms with E-state index in [1.165, 1.54) is 148 Å². The summed E-state index contributed by atoms with van der Waals surface area (Å²) in [7, 11) is 0. The number of amides is 1. The molecule has 4 heteroatoms. The average Bonchev–Trinajstić information content (AvgIpc) is 3.40. The molecule has 0 heterocycles. The number of unbranched alkanes of at least 4 members (excludes halogenated alkanes) is 26. The van der Waals surface area contributed by atoms with Crippen LogP contribution in [0.3, 0.4) is 0 Å². The highest BCUT2D eigenvalue weighted by molar-refractivity contribution is 5.76. The lowest BCUT2D eigenvalue weighted by Crippen LogP contribution is -2.45. The van der Waals surface area contributed by atoms with Gasteiger partial charge in [0.2, 0.25) is 5.91 Å². The highest BCUT2D eigenvalue weighted by atomic mass is 16.3. The van der Waals surface area contributed by atoms with Crippen LogP contribution < -0.4 is 5.32 Å². The summed E-state index contributed by atoms with van der Waals surface area (Å²) in [6, 6.07) is -0.661. The van der Waals surface area contributed by atoms with Crippen molar-refractivity contribution >= 4 is 5.91 Å². The second-order valence-corrected chi connectivity index (χ2v) is 20.4. The van der Waals surface area contributed by atoms with Crippen LogP contribution in [-0.4, -0.2) is 34.9 Å². The normalized spacial score (nSPS) is 13.8. The van der Waals surface area contributed by atoms with Crippen molar-refractivity contribution in [2.75, 3.05) is 6.61 Å². The molecule has 0 fully saturated rings. The first-order chi connectivity index (χ1) is 36.7. The molecule has 0 radical (unpaired) electrons. The van der Waals surface area contributed by atoms with Gasteiger partial charge in [0.05, 0.1) is 18.8 Å². The molecule has 0 aromatic heterocycles. The molecule has 0 bridgehead atoms. The van der Waals surface area contributed by atoms with E-state index < -0.39 is 12.1 Å². The lowest BCUT2D eigenvalue weighted by Gasteiger charge is -2.19. The number of hydrogen-bond donors (Lipinski definition) is 3. The van der Waals surface area contributed by atoms with Gasteiger partial charge < -0.3 is 15.5 Å². The largest absolute Gasteiger partial charge is 0.394 e. The van der Waals surface area contributed by atoms with E-state index >= 15 is 0 Å². The standard InChI is InChI=1S/C70H117NO3/c1-3-5-7-9-11-13-15-17-19-21-23-25-27-29-30-31-32-33-34-35-36-37-38-39-40-42-44-46-48-50-52-54-56-58-60-62-64-66-70(74)71-68(67-72)69(73)65-63-61-59-57-55-53-51-49-47-45-43-41-28-26-24-22-20-18-16-14-12-10-8-6-4-2/h5,7,11,13,17,19,23,25,29-30,32-33,35-36,38-39,42,44,47,49,55,57,63,65,68-69,72-73H,3-4,6,8-10,12,14-16,18,20-22,24,26-28,31,34,37,40-41,43,45-46,48,50-54,56,58-62,64,66-67H2,1-2H3,(H,71,74)/b7-5-,13-11-,19-17-,25-23-,30-29-,33-32-,36-35-,39-38-,44-42-,49-47+,57-55+,65-63+. The highest BCUT2D eigenvalue weighted by Gasteiger charge is 2.18. The first-order valence-corrected chi connectivity index (χ1v) is 31.0. The summed E-state index contributed by atoms with van der Waals surface area (Å²) in [5.74, 6) is -0.0890. The van der Waals surface area contributed by atoms with Crippen molar-refractivity contribution in [1.82, 2.24) is 5.32 Å². The Morgan fingerprint density at radius 1 is 0.338 bits per heavy atom. The van der Waals surface area contributed by atoms with Gasteiger partial charge in [-0.15, -0.1) is 0 Å². The van der Waals surface area contributed by atoms with Crippen molar-refractivity contribution in [2.24, 2.45) is 0 Å². The Morgan fingerprint density at radius 2 is 0.608 bits per heavy atom. The van der Waals surface area contributed by atoms with E-state index in [4.69, 9.17) is 0 Å². The van der Waals surface area contributed by atoms with Crippen LogP contribution in [0.4, 0.5) is 0 Å². The molecule has 0 aliphatic rings. The van der Waals surface area contributed by atoms with Crippen LogP contribution in [0.2, 0.25) is 0 Å². The fraction of sp³-hybridized carbons (Fsp3) is 0.643. The zero-order chi connectivity index (χ0) is 53.4. The van der Waals surface area contributed by atoms with Gasteiger partial charge in [-0.25, -0.2) is 0 Å².